The summed E-state index contributed by atoms with van der Waals surface area (Å²) in [6.07, 6.45) is 0.132. The van der Waals surface area contributed by atoms with Gasteiger partial charge in [0.25, 0.3) is 0 Å². The highest BCUT2D eigenvalue weighted by Gasteiger charge is 2.08. The molecule has 0 aliphatic rings. The van der Waals surface area contributed by atoms with E-state index in [0.29, 0.717) is 0 Å². The van der Waals surface area contributed by atoms with E-state index in [1.165, 1.54) is 0 Å². The molecule has 4 heteroatoms. The van der Waals surface area contributed by atoms with Crippen molar-refractivity contribution in [3.05, 3.63) is 10.7 Å². The van der Waals surface area contributed by atoms with E-state index in [-0.39, 0.29) is 17.7 Å². The highest BCUT2D eigenvalue weighted by atomic mass is 35.5. The fourth-order valence-electron chi connectivity index (χ4n) is 0.400. The smallest absolute Gasteiger partial charge is 0.176 e. The fourth-order valence-corrected chi connectivity index (χ4v) is 0.548. The van der Waals surface area contributed by atoms with Crippen LogP contribution in [0.2, 0.25) is 2.82 Å². The first-order valence-corrected chi connectivity index (χ1v) is 3.03. The fraction of sp³-hybridized carbons (Fsp3) is 0.333. The van der Waals surface area contributed by atoms with E-state index in [1.807, 2.05) is 0 Å². The van der Waals surface area contributed by atoms with Crippen LogP contribution in [0, 0.1) is 11.3 Å². The van der Waals surface area contributed by atoms with Crippen molar-refractivity contribution in [2.75, 3.05) is 0 Å². The molecule has 0 spiro atoms. The largest absolute Gasteiger partial charge is 0.388 e. The summed E-state index contributed by atoms with van der Waals surface area (Å²) in [5, 5.41) is 7.97. The van der Waals surface area contributed by atoms with Crippen molar-refractivity contribution in [3.63, 3.8) is 0 Å². The molecule has 0 bridgehead atoms. The van der Waals surface area contributed by atoms with Gasteiger partial charge in [0.2, 0.25) is 0 Å². The van der Waals surface area contributed by atoms with Crippen molar-refractivity contribution in [1.29, 1.82) is 5.26 Å². The van der Waals surface area contributed by atoms with Crippen LogP contribution in [0.1, 0.15) is 13.3 Å². The van der Waals surface area contributed by atoms with Crippen LogP contribution >= 0.6 is 11.6 Å². The summed E-state index contributed by atoms with van der Waals surface area (Å²) in [6.45, 7) is 1.57. The molecular weight excluding hydrogens is 152 g/mol. The predicted molar refractivity (Wildman–Crippen MR) is 38.0 cm³/mol. The van der Waals surface area contributed by atoms with E-state index < -0.39 is 10.9 Å². The standard InChI is InChI=1S/C6H7ClN2O/c1-2-5(10)4(3-8)6(7)9/h2,9H2,1H3/b6-4+/i/hD2. The Morgan fingerprint density at radius 3 is 2.90 bits per heavy atom. The number of hydrogen-bond donors (Lipinski definition) is 1. The third kappa shape index (κ3) is 2.08. The average molecular weight is 161 g/mol. The Kier molecular flexibility index (Phi) is 2.25. The van der Waals surface area contributed by atoms with Crippen LogP contribution in [0.3, 0.4) is 0 Å². The number of carbonyl (C=O) groups excluding carboxylic acids is 1. The van der Waals surface area contributed by atoms with Crippen molar-refractivity contribution < 1.29 is 7.62 Å². The maximum Gasteiger partial charge on any atom is 0.176 e. The van der Waals surface area contributed by atoms with Gasteiger partial charge in [-0.25, -0.2) is 0 Å². The Hall–Kier alpha value is -1.01. The third-order valence-electron chi connectivity index (χ3n) is 0.918. The minimum absolute atomic E-state index is 0.0354. The van der Waals surface area contributed by atoms with Gasteiger partial charge in [-0.3, -0.25) is 4.79 Å². The number of halogens is 1. The van der Waals surface area contributed by atoms with Crippen LogP contribution in [-0.2, 0) is 4.79 Å². The number of allylic oxidation sites excluding steroid dienone is 1. The molecule has 2 N–H and O–H groups in total. The van der Waals surface area contributed by atoms with Crippen molar-refractivity contribution >= 4 is 17.4 Å². The van der Waals surface area contributed by atoms with Gasteiger partial charge < -0.3 is 5.72 Å². The van der Waals surface area contributed by atoms with Crippen LogP contribution in [0.15, 0.2) is 10.7 Å². The molecule has 0 aliphatic carbocycles. The maximum absolute atomic E-state index is 10.9. The summed E-state index contributed by atoms with van der Waals surface area (Å²) in [5.74, 6) is -0.466. The van der Waals surface area contributed by atoms with Gasteiger partial charge >= 0.3 is 0 Å². The van der Waals surface area contributed by atoms with Gasteiger partial charge in [0.1, 0.15) is 16.8 Å². The van der Waals surface area contributed by atoms with Gasteiger partial charge in [-0.2, -0.15) is 5.26 Å². The summed E-state index contributed by atoms with van der Waals surface area (Å²) in [4.78, 5) is 10.9. The molecule has 0 aromatic heterocycles. The van der Waals surface area contributed by atoms with Gasteiger partial charge in [0.05, 0.1) is 0 Å². The van der Waals surface area contributed by atoms with E-state index in [1.54, 1.807) is 13.0 Å². The molecule has 0 atom stereocenters. The molecule has 0 aromatic carbocycles. The van der Waals surface area contributed by atoms with E-state index in [2.05, 4.69) is 0 Å². The van der Waals surface area contributed by atoms with Gasteiger partial charge in [0, 0.05) is 6.42 Å². The minimum atomic E-state index is -0.468. The van der Waals surface area contributed by atoms with Gasteiger partial charge in [-0.05, 0) is 0 Å². The predicted octanol–water partition coefficient (Wildman–Crippen LogP) is 0.898. The third-order valence-corrected chi connectivity index (χ3v) is 1.11. The monoisotopic (exact) mass is 160 g/mol. The highest BCUT2D eigenvalue weighted by Crippen LogP contribution is 2.04. The Morgan fingerprint density at radius 2 is 2.60 bits per heavy atom. The van der Waals surface area contributed by atoms with E-state index in [9.17, 15) is 4.79 Å². The van der Waals surface area contributed by atoms with E-state index in [0.717, 1.165) is 0 Å². The summed E-state index contributed by atoms with van der Waals surface area (Å²) < 4.78 is 13.4. The van der Waals surface area contributed by atoms with Crippen LogP contribution in [0.4, 0.5) is 0 Å². The quantitative estimate of drug-likeness (QED) is 0.379. The van der Waals surface area contributed by atoms with Gasteiger partial charge in [0.15, 0.2) is 8.61 Å². The molecule has 3 nitrogen and oxygen atoms in total. The van der Waals surface area contributed by atoms with Crippen molar-refractivity contribution in [3.8, 4) is 6.07 Å². The molecular formula is C6H7ClN2O. The lowest BCUT2D eigenvalue weighted by Crippen LogP contribution is -2.04. The first kappa shape index (κ1) is 5.75. The van der Waals surface area contributed by atoms with Crippen molar-refractivity contribution in [2.45, 2.75) is 13.3 Å². The number of rotatable bonds is 3. The SMILES string of the molecule is [2H]N([2H])/C(Cl)=C(\C#N)C(=O)CC. The zero-order valence-corrected chi connectivity index (χ0v) is 6.14. The van der Waals surface area contributed by atoms with Crippen LogP contribution in [0.25, 0.3) is 0 Å². The van der Waals surface area contributed by atoms with E-state index >= 15 is 0 Å². The second kappa shape index (κ2) is 3.91. The molecule has 0 saturated carbocycles. The number of nitriles is 1. The Labute approximate surface area is 67.0 Å². The van der Waals surface area contributed by atoms with Crippen LogP contribution < -0.4 is 5.72 Å². The Bertz CT molecular complexity index is 257. The topological polar surface area (TPSA) is 66.9 Å². The molecule has 0 aliphatic heterocycles. The van der Waals surface area contributed by atoms with Crippen LogP contribution in [-0.4, -0.2) is 5.78 Å². The first-order valence-electron chi connectivity index (χ1n) is 3.55. The average Bonchev–Trinajstić information content (AvgIpc) is 2.05. The summed E-state index contributed by atoms with van der Waals surface area (Å²) in [5.41, 5.74) is -0.308. The molecule has 0 amide bonds. The molecule has 0 saturated heterocycles. The summed E-state index contributed by atoms with van der Waals surface area (Å²) >= 11 is 5.34. The second-order valence-corrected chi connectivity index (χ2v) is 1.91. The van der Waals surface area contributed by atoms with Gasteiger partial charge in [-0.15, -0.1) is 0 Å². The number of carbonyl (C=O) groups is 1. The van der Waals surface area contributed by atoms with Gasteiger partial charge in [-0.1, -0.05) is 18.5 Å². The lowest BCUT2D eigenvalue weighted by molar-refractivity contribution is -0.114. The van der Waals surface area contributed by atoms with Crippen molar-refractivity contribution in [2.24, 2.45) is 5.72 Å². The number of hydrogen-bond acceptors (Lipinski definition) is 3. The molecule has 0 rings (SSSR count). The minimum Gasteiger partial charge on any atom is -0.388 e. The highest BCUT2D eigenvalue weighted by molar-refractivity contribution is 6.31. The number of Topliss-reactive ketones (excluding diaryl/α,β-unsaturated/α-hetero) is 1. The second-order valence-electron chi connectivity index (χ2n) is 1.55. The van der Waals surface area contributed by atoms with E-state index in [4.69, 9.17) is 19.7 Å². The molecule has 0 fully saturated rings. The molecule has 0 heterocycles. The lowest BCUT2D eigenvalue weighted by atomic mass is 10.2. The normalized spacial score (nSPS) is 14.1. The van der Waals surface area contributed by atoms with Crippen molar-refractivity contribution in [1.82, 2.24) is 0 Å². The number of nitrogens with zero attached hydrogens (tertiary/aromatic N) is 1. The molecule has 54 valence electrons. The number of ketones is 1. The Morgan fingerprint density at radius 1 is 2.00 bits per heavy atom. The summed E-state index contributed by atoms with van der Waals surface area (Å²) in [6, 6.07) is 1.55. The maximum atomic E-state index is 10.9. The molecule has 0 unspecified atom stereocenters. The zero-order chi connectivity index (χ0) is 9.72. The first-order chi connectivity index (χ1) is 5.54. The summed E-state index contributed by atoms with van der Waals surface area (Å²) in [7, 11) is 0. The van der Waals surface area contributed by atoms with Crippen LogP contribution in [0.5, 0.6) is 0 Å². The molecule has 0 aromatic rings. The Balaban J connectivity index is 4.90. The molecule has 0 radical (unpaired) electrons. The lowest BCUT2D eigenvalue weighted by Gasteiger charge is -1.92. The number of nitrogens with two attached hydrogens (primary N) is 1. The molecule has 10 heavy (non-hydrogen) atoms. The zero-order valence-electron chi connectivity index (χ0n) is 7.39.